The molecule has 3 rings (SSSR count). The monoisotopic (exact) mass is 381 g/mol. The molecule has 1 aromatic carbocycles. The Morgan fingerprint density at radius 1 is 1.45 bits per heavy atom. The third-order valence-electron chi connectivity index (χ3n) is 3.24. The predicted octanol–water partition coefficient (Wildman–Crippen LogP) is 3.00. The van der Waals surface area contributed by atoms with Crippen LogP contribution in [-0.4, -0.2) is 32.2 Å². The number of aromatic nitrogens is 4. The number of benzene rings is 1. The van der Waals surface area contributed by atoms with E-state index in [2.05, 4.69) is 36.3 Å². The van der Waals surface area contributed by atoms with E-state index in [1.807, 2.05) is 18.2 Å². The Morgan fingerprint density at radius 2 is 2.32 bits per heavy atom. The quantitative estimate of drug-likeness (QED) is 0.666. The molecule has 2 N–H and O–H groups in total. The van der Waals surface area contributed by atoms with Crippen LogP contribution in [0.15, 0.2) is 35.3 Å². The fourth-order valence-corrected chi connectivity index (χ4v) is 2.82. The molecule has 0 saturated carbocycles. The first kappa shape index (κ1) is 15.1. The van der Waals surface area contributed by atoms with Crippen LogP contribution in [0.1, 0.15) is 16.9 Å². The lowest BCUT2D eigenvalue weighted by atomic mass is 10.2. The first-order valence-corrected chi connectivity index (χ1v) is 7.89. The highest BCUT2D eigenvalue weighted by atomic mass is 79.9. The van der Waals surface area contributed by atoms with Gasteiger partial charge in [0, 0.05) is 28.5 Å². The summed E-state index contributed by atoms with van der Waals surface area (Å²) in [6.07, 6.45) is 3.90. The topological polar surface area (TPSA) is 75.6 Å². The van der Waals surface area contributed by atoms with Gasteiger partial charge in [0.25, 0.3) is 5.91 Å². The molecule has 0 fully saturated rings. The molecule has 22 heavy (non-hydrogen) atoms. The number of rotatable bonds is 5. The molecule has 0 spiro atoms. The fraction of sp³-hybridized carbons (Fsp3) is 0.214. The molecular formula is C14H13BrClN5O. The summed E-state index contributed by atoms with van der Waals surface area (Å²) in [7, 11) is 0. The van der Waals surface area contributed by atoms with Crippen molar-refractivity contribution in [1.29, 1.82) is 0 Å². The summed E-state index contributed by atoms with van der Waals surface area (Å²) in [5.41, 5.74) is 1.22. The number of nitrogens with zero attached hydrogens (tertiary/aromatic N) is 3. The Bertz CT molecular complexity index is 799. The zero-order chi connectivity index (χ0) is 15.5. The van der Waals surface area contributed by atoms with Gasteiger partial charge in [0.1, 0.15) is 18.3 Å². The Morgan fingerprint density at radius 3 is 3.09 bits per heavy atom. The molecule has 3 aromatic rings. The van der Waals surface area contributed by atoms with Crippen molar-refractivity contribution in [2.75, 3.05) is 6.54 Å². The maximum Gasteiger partial charge on any atom is 0.269 e. The number of aromatic amines is 1. The zero-order valence-electron chi connectivity index (χ0n) is 11.5. The lowest BCUT2D eigenvalue weighted by Gasteiger charge is -2.04. The maximum atomic E-state index is 12.2. The Hall–Kier alpha value is -1.86. The SMILES string of the molecule is O=C(NCCCn1cncn1)c1[nH]c2ccc(Br)cc2c1Cl. The van der Waals surface area contributed by atoms with Gasteiger partial charge in [-0.2, -0.15) is 5.10 Å². The summed E-state index contributed by atoms with van der Waals surface area (Å²) >= 11 is 9.68. The minimum absolute atomic E-state index is 0.212. The molecule has 0 aliphatic rings. The number of aryl methyl sites for hydroxylation is 1. The van der Waals surface area contributed by atoms with Gasteiger partial charge >= 0.3 is 0 Å². The normalized spacial score (nSPS) is 11.0. The van der Waals surface area contributed by atoms with E-state index in [0.29, 0.717) is 23.8 Å². The minimum Gasteiger partial charge on any atom is -0.351 e. The predicted molar refractivity (Wildman–Crippen MR) is 88.0 cm³/mol. The molecule has 2 heterocycles. The van der Waals surface area contributed by atoms with Gasteiger partial charge in [-0.15, -0.1) is 0 Å². The van der Waals surface area contributed by atoms with Crippen molar-refractivity contribution >= 4 is 44.3 Å². The van der Waals surface area contributed by atoms with E-state index >= 15 is 0 Å². The number of fused-ring (bicyclic) bond motifs is 1. The van der Waals surface area contributed by atoms with Gasteiger partial charge in [0.05, 0.1) is 5.02 Å². The number of nitrogens with one attached hydrogen (secondary N) is 2. The zero-order valence-corrected chi connectivity index (χ0v) is 13.9. The van der Waals surface area contributed by atoms with Crippen LogP contribution in [0.5, 0.6) is 0 Å². The van der Waals surface area contributed by atoms with Gasteiger partial charge in [-0.05, 0) is 24.6 Å². The smallest absolute Gasteiger partial charge is 0.269 e. The van der Waals surface area contributed by atoms with E-state index in [1.165, 1.54) is 6.33 Å². The molecule has 114 valence electrons. The third-order valence-corrected chi connectivity index (χ3v) is 4.13. The summed E-state index contributed by atoms with van der Waals surface area (Å²) in [5, 5.41) is 8.11. The van der Waals surface area contributed by atoms with E-state index < -0.39 is 0 Å². The van der Waals surface area contributed by atoms with Crippen molar-refractivity contribution in [1.82, 2.24) is 25.1 Å². The third kappa shape index (κ3) is 3.15. The van der Waals surface area contributed by atoms with Crippen molar-refractivity contribution in [2.24, 2.45) is 0 Å². The summed E-state index contributed by atoms with van der Waals surface area (Å²) in [6.45, 7) is 1.24. The van der Waals surface area contributed by atoms with Crippen LogP contribution < -0.4 is 5.32 Å². The molecular weight excluding hydrogens is 370 g/mol. The van der Waals surface area contributed by atoms with Crippen molar-refractivity contribution in [3.8, 4) is 0 Å². The summed E-state index contributed by atoms with van der Waals surface area (Å²) in [5.74, 6) is -0.212. The summed E-state index contributed by atoms with van der Waals surface area (Å²) < 4.78 is 2.64. The van der Waals surface area contributed by atoms with E-state index in [-0.39, 0.29) is 5.91 Å². The number of halogens is 2. The van der Waals surface area contributed by atoms with Crippen LogP contribution in [0, 0.1) is 0 Å². The van der Waals surface area contributed by atoms with Gasteiger partial charge < -0.3 is 10.3 Å². The first-order chi connectivity index (χ1) is 10.6. The van der Waals surface area contributed by atoms with Gasteiger partial charge in [0.2, 0.25) is 0 Å². The standard InChI is InChI=1S/C14H13BrClN5O/c15-9-2-3-11-10(6-9)12(16)13(20-11)14(22)18-4-1-5-21-8-17-7-19-21/h2-3,6-8,20H,1,4-5H2,(H,18,22). The fourth-order valence-electron chi connectivity index (χ4n) is 2.17. The molecule has 0 bridgehead atoms. The second-order valence-corrected chi connectivity index (χ2v) is 6.07. The largest absolute Gasteiger partial charge is 0.351 e. The molecule has 0 atom stereocenters. The minimum atomic E-state index is -0.212. The Labute approximate surface area is 140 Å². The average molecular weight is 383 g/mol. The van der Waals surface area contributed by atoms with E-state index in [4.69, 9.17) is 11.6 Å². The summed E-state index contributed by atoms with van der Waals surface area (Å²) in [6, 6.07) is 5.66. The van der Waals surface area contributed by atoms with Crippen LogP contribution in [-0.2, 0) is 6.54 Å². The number of hydrogen-bond acceptors (Lipinski definition) is 3. The number of hydrogen-bond donors (Lipinski definition) is 2. The summed E-state index contributed by atoms with van der Waals surface area (Å²) in [4.78, 5) is 19.1. The van der Waals surface area contributed by atoms with Gasteiger partial charge in [-0.1, -0.05) is 27.5 Å². The molecule has 1 amide bonds. The molecule has 0 aliphatic carbocycles. The van der Waals surface area contributed by atoms with Crippen molar-refractivity contribution in [2.45, 2.75) is 13.0 Å². The Balaban J connectivity index is 1.63. The van der Waals surface area contributed by atoms with Gasteiger partial charge in [-0.25, -0.2) is 4.98 Å². The molecule has 8 heteroatoms. The number of carbonyl (C=O) groups excluding carboxylic acids is 1. The van der Waals surface area contributed by atoms with Gasteiger partial charge in [-0.3, -0.25) is 9.48 Å². The molecule has 2 aromatic heterocycles. The average Bonchev–Trinajstić information content (AvgIpc) is 3.12. The highest BCUT2D eigenvalue weighted by molar-refractivity contribution is 9.10. The van der Waals surface area contributed by atoms with E-state index in [1.54, 1.807) is 11.0 Å². The van der Waals surface area contributed by atoms with Crippen LogP contribution in [0.3, 0.4) is 0 Å². The molecule has 0 unspecified atom stereocenters. The van der Waals surface area contributed by atoms with Crippen molar-refractivity contribution < 1.29 is 4.79 Å². The molecule has 0 saturated heterocycles. The van der Waals surface area contributed by atoms with Crippen molar-refractivity contribution in [3.63, 3.8) is 0 Å². The van der Waals surface area contributed by atoms with Crippen molar-refractivity contribution in [3.05, 3.63) is 46.0 Å². The number of H-pyrrole nitrogens is 1. The highest BCUT2D eigenvalue weighted by Crippen LogP contribution is 2.29. The molecule has 6 nitrogen and oxygen atoms in total. The number of carbonyl (C=O) groups is 1. The van der Waals surface area contributed by atoms with Crippen LogP contribution in [0.25, 0.3) is 10.9 Å². The lowest BCUT2D eigenvalue weighted by molar-refractivity contribution is 0.0948. The van der Waals surface area contributed by atoms with Crippen LogP contribution in [0.2, 0.25) is 5.02 Å². The molecule has 0 aliphatic heterocycles. The second kappa shape index (κ2) is 6.50. The highest BCUT2D eigenvalue weighted by Gasteiger charge is 2.16. The molecule has 0 radical (unpaired) electrons. The number of amides is 1. The van der Waals surface area contributed by atoms with E-state index in [9.17, 15) is 4.79 Å². The lowest BCUT2D eigenvalue weighted by Crippen LogP contribution is -2.25. The van der Waals surface area contributed by atoms with Crippen LogP contribution in [0.4, 0.5) is 0 Å². The maximum absolute atomic E-state index is 12.2. The van der Waals surface area contributed by atoms with Gasteiger partial charge in [0.15, 0.2) is 0 Å². The second-order valence-electron chi connectivity index (χ2n) is 4.77. The van der Waals surface area contributed by atoms with Crippen LogP contribution >= 0.6 is 27.5 Å². The van der Waals surface area contributed by atoms with E-state index in [0.717, 1.165) is 21.8 Å². The Kier molecular flexibility index (Phi) is 4.44. The first-order valence-electron chi connectivity index (χ1n) is 6.72.